The van der Waals surface area contributed by atoms with Crippen LogP contribution in [0.3, 0.4) is 0 Å². The summed E-state index contributed by atoms with van der Waals surface area (Å²) in [5.41, 5.74) is 2.98. The molecule has 0 spiro atoms. The summed E-state index contributed by atoms with van der Waals surface area (Å²) in [6.07, 6.45) is -4.61. The zero-order chi connectivity index (χ0) is 15.0. The lowest BCUT2D eigenvalue weighted by molar-refractivity contribution is -0.141. The van der Waals surface area contributed by atoms with E-state index >= 15 is 0 Å². The van der Waals surface area contributed by atoms with E-state index in [1.54, 1.807) is 6.92 Å². The zero-order valence-corrected chi connectivity index (χ0v) is 10.7. The Morgan fingerprint density at radius 1 is 1.55 bits per heavy atom. The number of nitrogens with one attached hydrogen (secondary N) is 1. The van der Waals surface area contributed by atoms with Crippen LogP contribution in [0.15, 0.2) is 6.07 Å². The summed E-state index contributed by atoms with van der Waals surface area (Å²) < 4.78 is 43.0. The van der Waals surface area contributed by atoms with E-state index in [-0.39, 0.29) is 12.4 Å². The fraction of sp³-hybridized carbons (Fsp3) is 0.636. The molecule has 2 rings (SSSR count). The van der Waals surface area contributed by atoms with Crippen LogP contribution in [0.4, 0.5) is 24.9 Å². The number of aliphatic hydroxyl groups is 1. The Kier molecular flexibility index (Phi) is 3.74. The SMILES string of the molecule is CC1OCCC1(O)CNc1cc(C(F)(F)F)nc(N)n1. The fourth-order valence-corrected chi connectivity index (χ4v) is 1.95. The van der Waals surface area contributed by atoms with Crippen molar-refractivity contribution in [3.63, 3.8) is 0 Å². The number of alkyl halides is 3. The summed E-state index contributed by atoms with van der Waals surface area (Å²) in [6.45, 7) is 2.12. The van der Waals surface area contributed by atoms with Crippen molar-refractivity contribution in [2.24, 2.45) is 0 Å². The average molecular weight is 292 g/mol. The van der Waals surface area contributed by atoms with Gasteiger partial charge in [0.1, 0.15) is 11.4 Å². The Morgan fingerprint density at radius 2 is 2.25 bits per heavy atom. The van der Waals surface area contributed by atoms with Crippen LogP contribution in [0.25, 0.3) is 0 Å². The maximum atomic E-state index is 12.6. The molecular weight excluding hydrogens is 277 g/mol. The number of ether oxygens (including phenoxy) is 1. The third-order valence-corrected chi connectivity index (χ3v) is 3.27. The molecule has 9 heteroatoms. The first-order chi connectivity index (χ1) is 9.21. The molecule has 0 saturated carbocycles. The highest BCUT2D eigenvalue weighted by atomic mass is 19.4. The summed E-state index contributed by atoms with van der Waals surface area (Å²) in [5, 5.41) is 12.9. The minimum atomic E-state index is -4.60. The Morgan fingerprint density at radius 3 is 2.80 bits per heavy atom. The molecule has 2 unspecified atom stereocenters. The van der Waals surface area contributed by atoms with Gasteiger partial charge in [-0.05, 0) is 6.92 Å². The molecule has 1 fully saturated rings. The normalized spacial score (nSPS) is 26.8. The Labute approximate surface area is 113 Å². The number of anilines is 2. The van der Waals surface area contributed by atoms with E-state index in [4.69, 9.17) is 10.5 Å². The number of nitrogens with zero attached hydrogens (tertiary/aromatic N) is 2. The highest BCUT2D eigenvalue weighted by Gasteiger charge is 2.39. The van der Waals surface area contributed by atoms with E-state index in [0.717, 1.165) is 6.07 Å². The van der Waals surface area contributed by atoms with Gasteiger partial charge in [0.25, 0.3) is 0 Å². The van der Waals surface area contributed by atoms with Crippen molar-refractivity contribution in [3.8, 4) is 0 Å². The van der Waals surface area contributed by atoms with Gasteiger partial charge in [0.05, 0.1) is 6.10 Å². The van der Waals surface area contributed by atoms with Crippen molar-refractivity contribution < 1.29 is 23.0 Å². The van der Waals surface area contributed by atoms with E-state index in [1.807, 2.05) is 0 Å². The van der Waals surface area contributed by atoms with Crippen LogP contribution in [0.1, 0.15) is 19.0 Å². The van der Waals surface area contributed by atoms with Crippen molar-refractivity contribution in [3.05, 3.63) is 11.8 Å². The van der Waals surface area contributed by atoms with E-state index in [2.05, 4.69) is 15.3 Å². The summed E-state index contributed by atoms with van der Waals surface area (Å²) in [4.78, 5) is 6.80. The van der Waals surface area contributed by atoms with E-state index < -0.39 is 29.5 Å². The number of halogens is 3. The number of aromatic nitrogens is 2. The van der Waals surface area contributed by atoms with Crippen molar-refractivity contribution in [2.45, 2.75) is 31.2 Å². The second-order valence-electron chi connectivity index (χ2n) is 4.71. The van der Waals surface area contributed by atoms with E-state index in [1.165, 1.54) is 0 Å². The molecule has 1 aromatic heterocycles. The minimum Gasteiger partial charge on any atom is -0.385 e. The van der Waals surface area contributed by atoms with Gasteiger partial charge in [-0.15, -0.1) is 0 Å². The molecule has 1 saturated heterocycles. The number of hydrogen-bond donors (Lipinski definition) is 3. The molecule has 1 aromatic rings. The summed E-state index contributed by atoms with van der Waals surface area (Å²) in [7, 11) is 0. The van der Waals surface area contributed by atoms with Gasteiger partial charge in [-0.3, -0.25) is 0 Å². The lowest BCUT2D eigenvalue weighted by Crippen LogP contribution is -2.43. The number of hydrogen-bond acceptors (Lipinski definition) is 6. The van der Waals surface area contributed by atoms with Crippen molar-refractivity contribution in [1.82, 2.24) is 9.97 Å². The second-order valence-corrected chi connectivity index (χ2v) is 4.71. The van der Waals surface area contributed by atoms with Gasteiger partial charge in [0.15, 0.2) is 5.69 Å². The quantitative estimate of drug-likeness (QED) is 0.770. The summed E-state index contributed by atoms with van der Waals surface area (Å²) >= 11 is 0. The Hall–Kier alpha value is -1.61. The number of nitrogen functional groups attached to an aromatic ring is 1. The average Bonchev–Trinajstić information content (AvgIpc) is 2.66. The lowest BCUT2D eigenvalue weighted by Gasteiger charge is -2.26. The van der Waals surface area contributed by atoms with Gasteiger partial charge in [0.2, 0.25) is 5.95 Å². The number of rotatable bonds is 3. The first kappa shape index (κ1) is 14.8. The highest BCUT2D eigenvalue weighted by Crippen LogP contribution is 2.30. The molecule has 0 bridgehead atoms. The first-order valence-corrected chi connectivity index (χ1v) is 6.00. The maximum absolute atomic E-state index is 12.6. The largest absolute Gasteiger partial charge is 0.433 e. The molecule has 1 aliphatic heterocycles. The molecule has 0 aromatic carbocycles. The molecule has 0 radical (unpaired) electrons. The van der Waals surface area contributed by atoms with Gasteiger partial charge in [-0.1, -0.05) is 0 Å². The molecule has 1 aliphatic rings. The summed E-state index contributed by atoms with van der Waals surface area (Å²) in [5.74, 6) is -0.567. The van der Waals surface area contributed by atoms with E-state index in [0.29, 0.717) is 13.0 Å². The second kappa shape index (κ2) is 5.06. The molecule has 20 heavy (non-hydrogen) atoms. The van der Waals surface area contributed by atoms with Crippen molar-refractivity contribution >= 4 is 11.8 Å². The number of nitrogens with two attached hydrogens (primary N) is 1. The molecule has 2 heterocycles. The molecule has 2 atom stereocenters. The zero-order valence-electron chi connectivity index (χ0n) is 10.7. The van der Waals surface area contributed by atoms with Gasteiger partial charge < -0.3 is 20.9 Å². The monoisotopic (exact) mass is 292 g/mol. The van der Waals surface area contributed by atoms with Gasteiger partial charge in [-0.25, -0.2) is 4.98 Å². The van der Waals surface area contributed by atoms with E-state index in [9.17, 15) is 18.3 Å². The van der Waals surface area contributed by atoms with Crippen molar-refractivity contribution in [1.29, 1.82) is 0 Å². The van der Waals surface area contributed by atoms with Crippen LogP contribution in [0.2, 0.25) is 0 Å². The lowest BCUT2D eigenvalue weighted by atomic mass is 9.97. The topological polar surface area (TPSA) is 93.3 Å². The van der Waals surface area contributed by atoms with Crippen LogP contribution in [0.5, 0.6) is 0 Å². The fourth-order valence-electron chi connectivity index (χ4n) is 1.95. The molecule has 6 nitrogen and oxygen atoms in total. The Bertz CT molecular complexity index is 497. The highest BCUT2D eigenvalue weighted by molar-refractivity contribution is 5.41. The third kappa shape index (κ3) is 3.10. The minimum absolute atomic E-state index is 0.0158. The maximum Gasteiger partial charge on any atom is 0.433 e. The van der Waals surface area contributed by atoms with Crippen LogP contribution in [0, 0.1) is 0 Å². The predicted octanol–water partition coefficient (Wildman–Crippen LogP) is 1.03. The van der Waals surface area contributed by atoms with Crippen LogP contribution < -0.4 is 11.1 Å². The van der Waals surface area contributed by atoms with Gasteiger partial charge in [0, 0.05) is 25.6 Å². The Balaban J connectivity index is 2.12. The summed E-state index contributed by atoms with van der Waals surface area (Å²) in [6, 6.07) is 0.750. The smallest absolute Gasteiger partial charge is 0.385 e. The molecule has 0 aliphatic carbocycles. The predicted molar refractivity (Wildman–Crippen MR) is 64.9 cm³/mol. The van der Waals surface area contributed by atoms with Crippen LogP contribution >= 0.6 is 0 Å². The molecular formula is C11H15F3N4O2. The molecule has 112 valence electrons. The third-order valence-electron chi connectivity index (χ3n) is 3.27. The van der Waals surface area contributed by atoms with Crippen LogP contribution in [-0.4, -0.2) is 39.9 Å². The first-order valence-electron chi connectivity index (χ1n) is 6.00. The van der Waals surface area contributed by atoms with Crippen molar-refractivity contribution in [2.75, 3.05) is 24.2 Å². The van der Waals surface area contributed by atoms with Gasteiger partial charge >= 0.3 is 6.18 Å². The standard InChI is InChI=1S/C11H15F3N4O2/c1-6-10(19,2-3-20-6)5-16-8-4-7(11(12,13)14)17-9(15)18-8/h4,6,19H,2-3,5H2,1H3,(H3,15,16,17,18). The van der Waals surface area contributed by atoms with Crippen LogP contribution in [-0.2, 0) is 10.9 Å². The molecule has 0 amide bonds. The van der Waals surface area contributed by atoms with Gasteiger partial charge in [-0.2, -0.15) is 18.2 Å². The molecule has 4 N–H and O–H groups in total.